The van der Waals surface area contributed by atoms with Crippen LogP contribution >= 0.6 is 0 Å². The van der Waals surface area contributed by atoms with E-state index in [4.69, 9.17) is 5.21 Å². The Kier molecular flexibility index (Phi) is 7.32. The summed E-state index contributed by atoms with van der Waals surface area (Å²) in [6.45, 7) is 0. The molecule has 3 aromatic rings. The molecule has 0 fully saturated rings. The van der Waals surface area contributed by atoms with Crippen LogP contribution in [0.5, 0.6) is 0 Å². The molecular formula is C24H20F3N3O4. The Morgan fingerprint density at radius 1 is 0.824 bits per heavy atom. The number of benzene rings is 3. The Hall–Kier alpha value is -4.18. The number of hydrogen-bond acceptors (Lipinski definition) is 4. The van der Waals surface area contributed by atoms with Crippen molar-refractivity contribution >= 4 is 17.7 Å². The Labute approximate surface area is 192 Å². The van der Waals surface area contributed by atoms with Crippen molar-refractivity contribution in [3.63, 3.8) is 0 Å². The largest absolute Gasteiger partial charge is 0.345 e. The van der Waals surface area contributed by atoms with E-state index in [1.807, 2.05) is 0 Å². The highest BCUT2D eigenvalue weighted by atomic mass is 19.2. The average molecular weight is 471 g/mol. The van der Waals surface area contributed by atoms with Crippen LogP contribution in [0.3, 0.4) is 0 Å². The molecule has 0 aromatic heterocycles. The molecule has 1 atom stereocenters. The molecule has 0 aliphatic heterocycles. The predicted octanol–water partition coefficient (Wildman–Crippen LogP) is 3.45. The third-order valence-corrected chi connectivity index (χ3v) is 5.01. The second kappa shape index (κ2) is 10.2. The molecule has 0 aliphatic rings. The van der Waals surface area contributed by atoms with E-state index in [1.165, 1.54) is 58.9 Å². The normalized spacial score (nSPS) is 11.5. The van der Waals surface area contributed by atoms with Gasteiger partial charge in [0, 0.05) is 25.2 Å². The van der Waals surface area contributed by atoms with Gasteiger partial charge in [0.15, 0.2) is 17.5 Å². The van der Waals surface area contributed by atoms with Gasteiger partial charge in [-0.25, -0.2) is 18.7 Å². The van der Waals surface area contributed by atoms with Gasteiger partial charge in [-0.3, -0.25) is 19.6 Å². The zero-order valence-corrected chi connectivity index (χ0v) is 18.1. The standard InChI is InChI=1S/C24H20F3N3O4/c1-30(2)24(33)16-9-7-15(8-10-16)22(31)28-21(23(32)29-34)14-5-3-13(4-6-14)17-11-18(25)20(27)19(26)12-17/h3-12,21,34H,1-2H3,(H,28,31)(H,29,32). The van der Waals surface area contributed by atoms with Crippen LogP contribution in [-0.4, -0.2) is 41.9 Å². The first-order chi connectivity index (χ1) is 16.1. The van der Waals surface area contributed by atoms with Crippen LogP contribution in [0.1, 0.15) is 32.3 Å². The SMILES string of the molecule is CN(C)C(=O)c1ccc(C(=O)NC(C(=O)NO)c2ccc(-c3cc(F)c(F)c(F)c3)cc2)cc1. The van der Waals surface area contributed by atoms with E-state index < -0.39 is 35.3 Å². The molecule has 0 radical (unpaired) electrons. The molecule has 10 heteroatoms. The molecule has 0 aliphatic carbocycles. The van der Waals surface area contributed by atoms with Crippen molar-refractivity contribution < 1.29 is 32.8 Å². The average Bonchev–Trinajstić information content (AvgIpc) is 2.84. The molecule has 176 valence electrons. The fourth-order valence-corrected chi connectivity index (χ4v) is 3.19. The quantitative estimate of drug-likeness (QED) is 0.291. The molecule has 0 spiro atoms. The molecule has 0 saturated carbocycles. The minimum atomic E-state index is -1.58. The van der Waals surface area contributed by atoms with E-state index >= 15 is 0 Å². The number of halogens is 3. The number of carbonyl (C=O) groups excluding carboxylic acids is 3. The molecule has 34 heavy (non-hydrogen) atoms. The predicted molar refractivity (Wildman–Crippen MR) is 116 cm³/mol. The number of hydrogen-bond donors (Lipinski definition) is 3. The maximum Gasteiger partial charge on any atom is 0.270 e. The number of hydroxylamine groups is 1. The van der Waals surface area contributed by atoms with Gasteiger partial charge in [0.25, 0.3) is 17.7 Å². The summed E-state index contributed by atoms with van der Waals surface area (Å²) in [6.07, 6.45) is 0. The lowest BCUT2D eigenvalue weighted by Gasteiger charge is -2.18. The summed E-state index contributed by atoms with van der Waals surface area (Å²) in [5.74, 6) is -6.10. The molecule has 0 saturated heterocycles. The summed E-state index contributed by atoms with van der Waals surface area (Å²) in [6, 6.07) is 11.8. The van der Waals surface area contributed by atoms with Crippen molar-refractivity contribution in [1.82, 2.24) is 15.7 Å². The Bertz CT molecular complexity index is 1210. The van der Waals surface area contributed by atoms with Crippen LogP contribution in [0.15, 0.2) is 60.7 Å². The number of nitrogens with zero attached hydrogens (tertiary/aromatic N) is 1. The Balaban J connectivity index is 1.83. The lowest BCUT2D eigenvalue weighted by molar-refractivity contribution is -0.131. The smallest absolute Gasteiger partial charge is 0.270 e. The van der Waals surface area contributed by atoms with E-state index in [9.17, 15) is 27.6 Å². The third-order valence-electron chi connectivity index (χ3n) is 5.01. The van der Waals surface area contributed by atoms with Gasteiger partial charge in [0.2, 0.25) is 0 Å². The topological polar surface area (TPSA) is 98.7 Å². The van der Waals surface area contributed by atoms with E-state index in [2.05, 4.69) is 5.32 Å². The highest BCUT2D eigenvalue weighted by Gasteiger charge is 2.23. The monoisotopic (exact) mass is 471 g/mol. The van der Waals surface area contributed by atoms with Crippen molar-refractivity contribution in [1.29, 1.82) is 0 Å². The summed E-state index contributed by atoms with van der Waals surface area (Å²) in [5, 5.41) is 11.6. The zero-order chi connectivity index (χ0) is 25.0. The van der Waals surface area contributed by atoms with Crippen molar-refractivity contribution in [2.45, 2.75) is 6.04 Å². The minimum absolute atomic E-state index is 0.0718. The lowest BCUT2D eigenvalue weighted by Crippen LogP contribution is -2.39. The minimum Gasteiger partial charge on any atom is -0.345 e. The summed E-state index contributed by atoms with van der Waals surface area (Å²) in [7, 11) is 3.19. The highest BCUT2D eigenvalue weighted by Crippen LogP contribution is 2.26. The van der Waals surface area contributed by atoms with Gasteiger partial charge in [0.1, 0.15) is 6.04 Å². The summed E-state index contributed by atoms with van der Waals surface area (Å²) >= 11 is 0. The van der Waals surface area contributed by atoms with Crippen molar-refractivity contribution in [2.75, 3.05) is 14.1 Å². The molecule has 0 heterocycles. The molecular weight excluding hydrogens is 451 g/mol. The Morgan fingerprint density at radius 3 is 1.85 bits per heavy atom. The maximum absolute atomic E-state index is 13.5. The van der Waals surface area contributed by atoms with Crippen molar-refractivity contribution in [2.24, 2.45) is 0 Å². The van der Waals surface area contributed by atoms with Crippen LogP contribution in [0, 0.1) is 17.5 Å². The van der Waals surface area contributed by atoms with E-state index in [0.717, 1.165) is 12.1 Å². The molecule has 3 rings (SSSR count). The first-order valence-corrected chi connectivity index (χ1v) is 9.93. The Morgan fingerprint density at radius 2 is 1.35 bits per heavy atom. The van der Waals surface area contributed by atoms with Crippen LogP contribution in [-0.2, 0) is 4.79 Å². The first-order valence-electron chi connectivity index (χ1n) is 9.93. The van der Waals surface area contributed by atoms with Crippen LogP contribution < -0.4 is 10.8 Å². The van der Waals surface area contributed by atoms with Crippen LogP contribution in [0.25, 0.3) is 11.1 Å². The van der Waals surface area contributed by atoms with E-state index in [-0.39, 0.29) is 22.6 Å². The zero-order valence-electron chi connectivity index (χ0n) is 18.1. The van der Waals surface area contributed by atoms with Crippen LogP contribution in [0.2, 0.25) is 0 Å². The molecule has 0 bridgehead atoms. The molecule has 7 nitrogen and oxygen atoms in total. The molecule has 3 amide bonds. The summed E-state index contributed by atoms with van der Waals surface area (Å²) in [4.78, 5) is 38.3. The first kappa shape index (κ1) is 24.5. The summed E-state index contributed by atoms with van der Waals surface area (Å²) < 4.78 is 40.3. The number of carbonyl (C=O) groups is 3. The van der Waals surface area contributed by atoms with Gasteiger partial charge in [-0.2, -0.15) is 0 Å². The second-order valence-electron chi connectivity index (χ2n) is 7.54. The van der Waals surface area contributed by atoms with Gasteiger partial charge in [-0.15, -0.1) is 0 Å². The van der Waals surface area contributed by atoms with Crippen molar-refractivity contribution in [3.8, 4) is 11.1 Å². The van der Waals surface area contributed by atoms with E-state index in [0.29, 0.717) is 11.1 Å². The highest BCUT2D eigenvalue weighted by molar-refractivity contribution is 5.99. The van der Waals surface area contributed by atoms with E-state index in [1.54, 1.807) is 14.1 Å². The van der Waals surface area contributed by atoms with Crippen molar-refractivity contribution in [3.05, 3.63) is 94.8 Å². The molecule has 3 N–H and O–H groups in total. The number of rotatable bonds is 6. The van der Waals surface area contributed by atoms with Gasteiger partial charge in [0.05, 0.1) is 0 Å². The second-order valence-corrected chi connectivity index (χ2v) is 7.54. The summed E-state index contributed by atoms with van der Waals surface area (Å²) in [5.41, 5.74) is 2.68. The van der Waals surface area contributed by atoms with Crippen LogP contribution in [0.4, 0.5) is 13.2 Å². The molecule has 3 aromatic carbocycles. The number of nitrogens with one attached hydrogen (secondary N) is 2. The number of amides is 3. The van der Waals surface area contributed by atoms with Gasteiger partial charge in [-0.05, 0) is 53.1 Å². The van der Waals surface area contributed by atoms with Gasteiger partial charge < -0.3 is 10.2 Å². The third kappa shape index (κ3) is 5.24. The van der Waals surface area contributed by atoms with Gasteiger partial charge in [-0.1, -0.05) is 24.3 Å². The lowest BCUT2D eigenvalue weighted by atomic mass is 9.99. The maximum atomic E-state index is 13.5. The molecule has 1 unspecified atom stereocenters. The fraction of sp³-hybridized carbons (Fsp3) is 0.125. The van der Waals surface area contributed by atoms with Gasteiger partial charge >= 0.3 is 0 Å². The fourth-order valence-electron chi connectivity index (χ4n) is 3.19.